The van der Waals surface area contributed by atoms with Crippen LogP contribution in [0.15, 0.2) is 12.4 Å². The molecule has 0 atom stereocenters. The van der Waals surface area contributed by atoms with Crippen LogP contribution in [0.2, 0.25) is 0 Å². The van der Waals surface area contributed by atoms with Crippen LogP contribution in [-0.4, -0.2) is 77.3 Å². The first kappa shape index (κ1) is 26.7. The van der Waals surface area contributed by atoms with Gasteiger partial charge in [-0.1, -0.05) is 6.58 Å². The first-order chi connectivity index (χ1) is 14.8. The van der Waals surface area contributed by atoms with Crippen molar-refractivity contribution in [3.05, 3.63) is 12.4 Å². The van der Waals surface area contributed by atoms with Crippen LogP contribution in [0, 0.1) is 0 Å². The monoisotopic (exact) mass is 538 g/mol. The van der Waals surface area contributed by atoms with Gasteiger partial charge in [-0.2, -0.15) is 57.1 Å². The van der Waals surface area contributed by atoms with Crippen LogP contribution >= 0.6 is 0 Å². The topological polar surface area (TPSA) is 35.5 Å². The Balaban J connectivity index is 2.37. The Kier molecular flexibility index (Phi) is 4.75. The summed E-state index contributed by atoms with van der Waals surface area (Å²) in [5.41, 5.74) is -30.4. The van der Waals surface area contributed by atoms with Gasteiger partial charge in [0.2, 0.25) is 5.83 Å². The van der Waals surface area contributed by atoms with E-state index < -0.39 is 83.2 Å². The lowest BCUT2D eigenvalue weighted by molar-refractivity contribution is -0.619. The van der Waals surface area contributed by atoms with Gasteiger partial charge >= 0.3 is 58.5 Å². The van der Waals surface area contributed by atoms with E-state index in [9.17, 15) is 75.0 Å². The standard InChI is InChI=1S/C15H6F16O3/c1-4(16)5(32)33-2-3-34-9-13(26,27)6(17)10(20,21)7(18,14(9,28)29)12(24,25)8(19,11(6,22)23)15(9,30)31/h1-3H2. The summed E-state index contributed by atoms with van der Waals surface area (Å²) in [5.74, 6) is -51.1. The van der Waals surface area contributed by atoms with E-state index in [0.29, 0.717) is 0 Å². The summed E-state index contributed by atoms with van der Waals surface area (Å²) in [6, 6.07) is 0. The average Bonchev–Trinajstić information content (AvgIpc) is 2.67. The molecule has 4 aliphatic carbocycles. The molecular weight excluding hydrogens is 532 g/mol. The molecular formula is C15H6F16O3. The molecule has 0 aliphatic heterocycles. The second-order valence-electron chi connectivity index (χ2n) is 7.49. The molecule has 196 valence electrons. The molecule has 0 aromatic carbocycles. The molecule has 4 bridgehead atoms. The number of hydrogen-bond acceptors (Lipinski definition) is 3. The minimum absolute atomic E-state index is 1.92. The quantitative estimate of drug-likeness (QED) is 0.220. The van der Waals surface area contributed by atoms with Gasteiger partial charge in [-0.3, -0.25) is 0 Å². The maximum Gasteiger partial charge on any atom is 0.366 e. The van der Waals surface area contributed by atoms with Crippen LogP contribution in [0.3, 0.4) is 0 Å². The summed E-state index contributed by atoms with van der Waals surface area (Å²) in [4.78, 5) is 10.8. The van der Waals surface area contributed by atoms with Gasteiger partial charge in [-0.05, 0) is 0 Å². The summed E-state index contributed by atoms with van der Waals surface area (Å²) in [7, 11) is 0. The molecule has 4 saturated carbocycles. The third-order valence-corrected chi connectivity index (χ3v) is 6.08. The van der Waals surface area contributed by atoms with Crippen molar-refractivity contribution in [3.63, 3.8) is 0 Å². The maximum atomic E-state index is 14.8. The molecule has 34 heavy (non-hydrogen) atoms. The summed E-state index contributed by atoms with van der Waals surface area (Å²) < 4.78 is 237. The zero-order chi connectivity index (χ0) is 27.0. The Hall–Kier alpha value is -1.95. The largest absolute Gasteiger partial charge is 0.458 e. The Labute approximate surface area is 175 Å². The van der Waals surface area contributed by atoms with Crippen LogP contribution in [0.5, 0.6) is 0 Å². The number of carbonyl (C=O) groups excluding carboxylic acids is 1. The van der Waals surface area contributed by atoms with Crippen molar-refractivity contribution in [2.45, 2.75) is 58.1 Å². The summed E-state index contributed by atoms with van der Waals surface area (Å²) in [6.45, 7) is -2.09. The van der Waals surface area contributed by atoms with Crippen molar-refractivity contribution in [1.82, 2.24) is 0 Å². The molecule has 0 N–H and O–H groups in total. The van der Waals surface area contributed by atoms with Crippen molar-refractivity contribution in [2.75, 3.05) is 13.2 Å². The smallest absolute Gasteiger partial charge is 0.366 e. The minimum Gasteiger partial charge on any atom is -0.458 e. The van der Waals surface area contributed by atoms with E-state index in [1.54, 1.807) is 0 Å². The van der Waals surface area contributed by atoms with Crippen LogP contribution in [-0.2, 0) is 14.3 Å². The SMILES string of the molecule is C=C(F)C(=O)OCCOC12C(F)(F)C3(F)C(F)(F)C(F)(C(F)(F)C(F)(C3(F)F)C1(F)F)C2(F)F. The molecule has 3 nitrogen and oxygen atoms in total. The molecule has 0 unspecified atom stereocenters. The van der Waals surface area contributed by atoms with E-state index in [4.69, 9.17) is 0 Å². The predicted molar refractivity (Wildman–Crippen MR) is 71.1 cm³/mol. The number of carbonyl (C=O) groups is 1. The zero-order valence-corrected chi connectivity index (χ0v) is 15.4. The molecule has 0 radical (unpaired) electrons. The number of hydrogen-bond donors (Lipinski definition) is 0. The Morgan fingerprint density at radius 3 is 1.12 bits per heavy atom. The fraction of sp³-hybridized carbons (Fsp3) is 0.800. The fourth-order valence-electron chi connectivity index (χ4n) is 4.49. The van der Waals surface area contributed by atoms with Crippen molar-refractivity contribution in [2.24, 2.45) is 0 Å². The molecule has 4 fully saturated rings. The number of halogens is 16. The highest BCUT2D eigenvalue weighted by atomic mass is 19.3. The Bertz CT molecular complexity index is 844. The van der Waals surface area contributed by atoms with Gasteiger partial charge in [0.25, 0.3) is 5.60 Å². The highest BCUT2D eigenvalue weighted by Crippen LogP contribution is 2.88. The summed E-state index contributed by atoms with van der Waals surface area (Å²) in [6.07, 6.45) is 0. The predicted octanol–water partition coefficient (Wildman–Crippen LogP) is 4.75. The van der Waals surface area contributed by atoms with Gasteiger partial charge in [0.1, 0.15) is 6.61 Å². The number of alkyl halides is 15. The minimum atomic E-state index is -7.92. The van der Waals surface area contributed by atoms with Gasteiger partial charge in [-0.15, -0.1) is 0 Å². The fourth-order valence-corrected chi connectivity index (χ4v) is 4.49. The first-order valence-electron chi connectivity index (χ1n) is 8.32. The second kappa shape index (κ2) is 6.05. The number of esters is 1. The molecule has 0 saturated heterocycles. The molecule has 0 aromatic rings. The van der Waals surface area contributed by atoms with Crippen LogP contribution in [0.4, 0.5) is 70.2 Å². The highest BCUT2D eigenvalue weighted by Gasteiger charge is 3.23. The van der Waals surface area contributed by atoms with Crippen LogP contribution in [0.25, 0.3) is 0 Å². The van der Waals surface area contributed by atoms with E-state index in [0.717, 1.165) is 0 Å². The molecule has 4 rings (SSSR count). The van der Waals surface area contributed by atoms with Crippen LogP contribution < -0.4 is 0 Å². The summed E-state index contributed by atoms with van der Waals surface area (Å²) in [5, 5.41) is 0. The van der Waals surface area contributed by atoms with Crippen molar-refractivity contribution < 1.29 is 84.5 Å². The first-order valence-corrected chi connectivity index (χ1v) is 8.32. The molecule has 0 heterocycles. The zero-order valence-electron chi connectivity index (χ0n) is 15.4. The van der Waals surface area contributed by atoms with E-state index >= 15 is 0 Å². The van der Waals surface area contributed by atoms with Gasteiger partial charge in [0.05, 0.1) is 6.61 Å². The molecule has 0 spiro atoms. The average molecular weight is 538 g/mol. The third-order valence-electron chi connectivity index (χ3n) is 6.08. The lowest BCUT2D eigenvalue weighted by Gasteiger charge is -2.74. The van der Waals surface area contributed by atoms with Crippen molar-refractivity contribution in [3.8, 4) is 0 Å². The number of rotatable bonds is 5. The normalized spacial score (nSPS) is 43.4. The second-order valence-corrected chi connectivity index (χ2v) is 7.49. The van der Waals surface area contributed by atoms with E-state index in [1.807, 2.05) is 0 Å². The molecule has 4 aliphatic rings. The molecule has 0 amide bonds. The van der Waals surface area contributed by atoms with Crippen molar-refractivity contribution >= 4 is 5.97 Å². The maximum absolute atomic E-state index is 14.8. The number of ether oxygens (including phenoxy) is 2. The van der Waals surface area contributed by atoms with Gasteiger partial charge in [-0.25, -0.2) is 18.0 Å². The summed E-state index contributed by atoms with van der Waals surface area (Å²) >= 11 is 0. The van der Waals surface area contributed by atoms with Gasteiger partial charge in [0.15, 0.2) is 0 Å². The Morgan fingerprint density at radius 1 is 0.559 bits per heavy atom. The van der Waals surface area contributed by atoms with Gasteiger partial charge < -0.3 is 9.47 Å². The lowest BCUT2D eigenvalue weighted by atomic mass is 9.40. The Morgan fingerprint density at radius 2 is 0.853 bits per heavy atom. The lowest BCUT2D eigenvalue weighted by Crippen LogP contribution is -3.10. The molecule has 19 heteroatoms. The molecule has 0 aromatic heterocycles. The van der Waals surface area contributed by atoms with Gasteiger partial charge in [0, 0.05) is 0 Å². The van der Waals surface area contributed by atoms with Crippen LogP contribution in [0.1, 0.15) is 0 Å². The van der Waals surface area contributed by atoms with E-state index in [-0.39, 0.29) is 0 Å². The van der Waals surface area contributed by atoms with E-state index in [1.165, 1.54) is 0 Å². The highest BCUT2D eigenvalue weighted by molar-refractivity contribution is 5.85. The van der Waals surface area contributed by atoms with Crippen molar-refractivity contribution in [1.29, 1.82) is 0 Å². The van der Waals surface area contributed by atoms with E-state index in [2.05, 4.69) is 16.1 Å². The third kappa shape index (κ3) is 1.82.